The van der Waals surface area contributed by atoms with Gasteiger partial charge < -0.3 is 9.88 Å². The molecule has 1 saturated heterocycles. The van der Waals surface area contributed by atoms with Gasteiger partial charge in [0.25, 0.3) is 5.91 Å². The summed E-state index contributed by atoms with van der Waals surface area (Å²) in [6.07, 6.45) is 1.89. The predicted molar refractivity (Wildman–Crippen MR) is 114 cm³/mol. The molecule has 1 aliphatic heterocycles. The third-order valence-corrected chi connectivity index (χ3v) is 5.36. The first-order chi connectivity index (χ1) is 13.0. The highest BCUT2D eigenvalue weighted by molar-refractivity contribution is 7.80. The second-order valence-electron chi connectivity index (χ2n) is 6.73. The number of aryl methyl sites for hydroxylation is 1. The number of fused-ring (bicyclic) bond motifs is 1. The molecule has 1 N–H and O–H groups in total. The van der Waals surface area contributed by atoms with Crippen molar-refractivity contribution in [3.63, 3.8) is 0 Å². The summed E-state index contributed by atoms with van der Waals surface area (Å²) in [5.74, 6) is -0.0713. The average Bonchev–Trinajstić information content (AvgIpc) is 3.09. The highest BCUT2D eigenvalue weighted by atomic mass is 32.1. The number of hydrogen-bond acceptors (Lipinski definition) is 2. The van der Waals surface area contributed by atoms with Crippen LogP contribution in [0.15, 0.2) is 54.2 Å². The van der Waals surface area contributed by atoms with Gasteiger partial charge in [-0.25, -0.2) is 0 Å². The van der Waals surface area contributed by atoms with E-state index >= 15 is 0 Å². The number of nitrogens with zero attached hydrogens (tertiary/aromatic N) is 2. The van der Waals surface area contributed by atoms with Crippen LogP contribution in [0.25, 0.3) is 22.5 Å². The summed E-state index contributed by atoms with van der Waals surface area (Å²) in [5, 5.41) is 5.93. The Kier molecular flexibility index (Phi) is 4.32. The summed E-state index contributed by atoms with van der Waals surface area (Å²) in [6, 6.07) is 16.9. The molecule has 5 heteroatoms. The Morgan fingerprint density at radius 2 is 1.81 bits per heavy atom. The van der Waals surface area contributed by atoms with Crippen LogP contribution >= 0.6 is 12.2 Å². The highest BCUT2D eigenvalue weighted by Gasteiger charge is 2.29. The van der Waals surface area contributed by atoms with Crippen molar-refractivity contribution in [3.05, 3.63) is 71.2 Å². The van der Waals surface area contributed by atoms with Gasteiger partial charge in [0.15, 0.2) is 5.11 Å². The zero-order chi connectivity index (χ0) is 19.1. The molecule has 136 valence electrons. The zero-order valence-electron chi connectivity index (χ0n) is 15.6. The van der Waals surface area contributed by atoms with Gasteiger partial charge in [0, 0.05) is 23.6 Å². The standard InChI is InChI=1S/C22H21N3OS/c1-4-24-21(26)20(23-22(24)27)13-18-11-14(2)25(15(18)3)19-10-9-16-7-5-6-8-17(16)12-19/h5-13H,4H2,1-3H3,(H,23,27)/b20-13-. The molecule has 1 aliphatic rings. The van der Waals surface area contributed by atoms with E-state index < -0.39 is 0 Å². The van der Waals surface area contributed by atoms with Gasteiger partial charge in [-0.05, 0) is 73.6 Å². The number of likely N-dealkylation sites (N-methyl/N-ethyl adjacent to an activating group) is 1. The molecule has 27 heavy (non-hydrogen) atoms. The van der Waals surface area contributed by atoms with Gasteiger partial charge in [-0.1, -0.05) is 30.3 Å². The van der Waals surface area contributed by atoms with E-state index in [0.29, 0.717) is 17.4 Å². The Morgan fingerprint density at radius 3 is 2.52 bits per heavy atom. The van der Waals surface area contributed by atoms with Crippen molar-refractivity contribution in [2.45, 2.75) is 20.8 Å². The van der Waals surface area contributed by atoms with Gasteiger partial charge in [0.1, 0.15) is 5.70 Å². The third kappa shape index (κ3) is 2.94. The molecule has 0 radical (unpaired) electrons. The van der Waals surface area contributed by atoms with Crippen LogP contribution < -0.4 is 5.32 Å². The molecule has 3 aromatic rings. The van der Waals surface area contributed by atoms with Crippen LogP contribution in [-0.2, 0) is 4.79 Å². The van der Waals surface area contributed by atoms with Crippen LogP contribution in [0.5, 0.6) is 0 Å². The van der Waals surface area contributed by atoms with Gasteiger partial charge in [0.2, 0.25) is 0 Å². The average molecular weight is 375 g/mol. The maximum absolute atomic E-state index is 12.5. The summed E-state index contributed by atoms with van der Waals surface area (Å²) in [7, 11) is 0. The number of thiocarbonyl (C=S) groups is 1. The predicted octanol–water partition coefficient (Wildman–Crippen LogP) is 4.32. The Bertz CT molecular complexity index is 1110. The molecule has 0 spiro atoms. The van der Waals surface area contributed by atoms with E-state index in [-0.39, 0.29) is 5.91 Å². The molecule has 4 rings (SSSR count). The second kappa shape index (κ2) is 6.67. The lowest BCUT2D eigenvalue weighted by atomic mass is 10.1. The minimum atomic E-state index is -0.0713. The van der Waals surface area contributed by atoms with Crippen molar-refractivity contribution in [1.29, 1.82) is 0 Å². The molecule has 0 atom stereocenters. The summed E-state index contributed by atoms with van der Waals surface area (Å²) in [5.41, 5.74) is 4.86. The monoisotopic (exact) mass is 375 g/mol. The molecule has 1 fully saturated rings. The van der Waals surface area contributed by atoms with E-state index in [9.17, 15) is 4.79 Å². The summed E-state index contributed by atoms with van der Waals surface area (Å²) < 4.78 is 2.22. The van der Waals surface area contributed by atoms with E-state index in [0.717, 1.165) is 22.6 Å². The van der Waals surface area contributed by atoms with E-state index in [1.807, 2.05) is 19.1 Å². The molecule has 2 aromatic carbocycles. The summed E-state index contributed by atoms with van der Waals surface area (Å²) >= 11 is 5.24. The molecule has 2 heterocycles. The van der Waals surface area contributed by atoms with Crippen LogP contribution in [0.2, 0.25) is 0 Å². The summed E-state index contributed by atoms with van der Waals surface area (Å²) in [4.78, 5) is 14.0. The van der Waals surface area contributed by atoms with Crippen LogP contribution in [0.1, 0.15) is 23.9 Å². The lowest BCUT2D eigenvalue weighted by Gasteiger charge is -2.11. The topological polar surface area (TPSA) is 37.3 Å². The van der Waals surface area contributed by atoms with Gasteiger partial charge in [-0.3, -0.25) is 9.69 Å². The number of amides is 1. The quantitative estimate of drug-likeness (QED) is 0.547. The van der Waals surface area contributed by atoms with Crippen molar-refractivity contribution in [2.75, 3.05) is 6.54 Å². The van der Waals surface area contributed by atoms with E-state index in [4.69, 9.17) is 12.2 Å². The highest BCUT2D eigenvalue weighted by Crippen LogP contribution is 2.26. The van der Waals surface area contributed by atoms with Gasteiger partial charge in [0.05, 0.1) is 0 Å². The van der Waals surface area contributed by atoms with Crippen molar-refractivity contribution in [2.24, 2.45) is 0 Å². The van der Waals surface area contributed by atoms with Crippen molar-refractivity contribution in [1.82, 2.24) is 14.8 Å². The van der Waals surface area contributed by atoms with Crippen molar-refractivity contribution in [3.8, 4) is 5.69 Å². The lowest BCUT2D eigenvalue weighted by Crippen LogP contribution is -2.30. The lowest BCUT2D eigenvalue weighted by molar-refractivity contribution is -0.122. The number of hydrogen-bond donors (Lipinski definition) is 1. The zero-order valence-corrected chi connectivity index (χ0v) is 16.4. The Balaban J connectivity index is 1.77. The van der Waals surface area contributed by atoms with E-state index in [1.165, 1.54) is 10.8 Å². The van der Waals surface area contributed by atoms with Crippen LogP contribution in [0.4, 0.5) is 0 Å². The van der Waals surface area contributed by atoms with Crippen molar-refractivity contribution >= 4 is 40.1 Å². The van der Waals surface area contributed by atoms with Crippen molar-refractivity contribution < 1.29 is 4.79 Å². The number of carbonyl (C=O) groups excluding carboxylic acids is 1. The van der Waals surface area contributed by atoms with Gasteiger partial charge in [-0.2, -0.15) is 0 Å². The Hall–Kier alpha value is -2.92. The molecular weight excluding hydrogens is 354 g/mol. The fourth-order valence-electron chi connectivity index (χ4n) is 3.66. The van der Waals surface area contributed by atoms with Gasteiger partial charge in [-0.15, -0.1) is 0 Å². The Labute approximate surface area is 164 Å². The van der Waals surface area contributed by atoms with Crippen LogP contribution in [0, 0.1) is 13.8 Å². The van der Waals surface area contributed by atoms with Crippen LogP contribution in [-0.4, -0.2) is 27.0 Å². The smallest absolute Gasteiger partial charge is 0.276 e. The number of aromatic nitrogens is 1. The first kappa shape index (κ1) is 17.5. The fourth-order valence-corrected chi connectivity index (χ4v) is 3.98. The molecule has 0 aliphatic carbocycles. The molecule has 4 nitrogen and oxygen atoms in total. The molecule has 0 saturated carbocycles. The van der Waals surface area contributed by atoms with E-state index in [2.05, 4.69) is 66.2 Å². The molecule has 0 bridgehead atoms. The first-order valence-electron chi connectivity index (χ1n) is 9.02. The number of nitrogens with one attached hydrogen (secondary N) is 1. The maximum atomic E-state index is 12.5. The first-order valence-corrected chi connectivity index (χ1v) is 9.43. The largest absolute Gasteiger partial charge is 0.328 e. The van der Waals surface area contributed by atoms with Crippen LogP contribution in [0.3, 0.4) is 0 Å². The normalized spacial score (nSPS) is 15.8. The minimum Gasteiger partial charge on any atom is -0.328 e. The van der Waals surface area contributed by atoms with E-state index in [1.54, 1.807) is 4.90 Å². The SMILES string of the molecule is CCN1C(=O)/C(=C/c2cc(C)n(-c3ccc4ccccc4c3)c2C)NC1=S. The molecule has 1 aromatic heterocycles. The maximum Gasteiger partial charge on any atom is 0.276 e. The fraction of sp³-hybridized carbons (Fsp3) is 0.182. The molecule has 0 unspecified atom stereocenters. The third-order valence-electron chi connectivity index (χ3n) is 5.04. The second-order valence-corrected chi connectivity index (χ2v) is 7.12. The molecular formula is C22H21N3OS. The number of benzene rings is 2. The summed E-state index contributed by atoms with van der Waals surface area (Å²) in [6.45, 7) is 6.64. The Morgan fingerprint density at radius 1 is 1.07 bits per heavy atom. The minimum absolute atomic E-state index is 0.0713. The number of carbonyl (C=O) groups is 1. The molecule has 1 amide bonds. The number of rotatable bonds is 3. The van der Waals surface area contributed by atoms with Gasteiger partial charge >= 0.3 is 0 Å².